The van der Waals surface area contributed by atoms with E-state index in [4.69, 9.17) is 14.6 Å². The van der Waals surface area contributed by atoms with Crippen molar-refractivity contribution in [3.8, 4) is 0 Å². The monoisotopic (exact) mass is 508 g/mol. The number of carboxylic acids is 2. The molecule has 0 aliphatic carbocycles. The molecule has 0 radical (unpaired) electrons. The van der Waals surface area contributed by atoms with Crippen molar-refractivity contribution in [3.63, 3.8) is 0 Å². The minimum absolute atomic E-state index is 0.0203. The Hall–Kier alpha value is -3.39. The van der Waals surface area contributed by atoms with Gasteiger partial charge in [-0.1, -0.05) is 6.07 Å². The molecule has 2 aromatic carbocycles. The van der Waals surface area contributed by atoms with Crippen LogP contribution in [0.25, 0.3) is 0 Å². The fourth-order valence-corrected chi connectivity index (χ4v) is 4.23. The lowest BCUT2D eigenvalue weighted by Gasteiger charge is -2.30. The normalized spacial score (nSPS) is 14.1. The summed E-state index contributed by atoms with van der Waals surface area (Å²) in [7, 11) is -4.06. The number of carboxylic acid groups (broad SMARTS) is 2. The summed E-state index contributed by atoms with van der Waals surface area (Å²) in [5.74, 6) is -4.60. The quantitative estimate of drug-likeness (QED) is 0.525. The highest BCUT2D eigenvalue weighted by Crippen LogP contribution is 2.27. The first-order valence-electron chi connectivity index (χ1n) is 9.51. The summed E-state index contributed by atoms with van der Waals surface area (Å²) in [5.41, 5.74) is 0.948. The van der Waals surface area contributed by atoms with Gasteiger partial charge in [0.1, 0.15) is 5.82 Å². The molecule has 1 aliphatic rings. The Morgan fingerprint density at radius 2 is 1.65 bits per heavy atom. The zero-order valence-corrected chi connectivity index (χ0v) is 18.4. The van der Waals surface area contributed by atoms with E-state index in [1.54, 1.807) is 13.0 Å². The van der Waals surface area contributed by atoms with Gasteiger partial charge in [0.15, 0.2) is 0 Å². The number of morpholine rings is 1. The van der Waals surface area contributed by atoms with E-state index >= 15 is 0 Å². The van der Waals surface area contributed by atoms with Crippen molar-refractivity contribution in [2.45, 2.75) is 18.0 Å². The maximum absolute atomic E-state index is 13.5. The van der Waals surface area contributed by atoms with Crippen molar-refractivity contribution in [1.29, 1.82) is 0 Å². The van der Waals surface area contributed by atoms with Gasteiger partial charge in [0.05, 0.1) is 29.4 Å². The lowest BCUT2D eigenvalue weighted by molar-refractivity contribution is -0.192. The van der Waals surface area contributed by atoms with E-state index in [1.165, 1.54) is 24.3 Å². The van der Waals surface area contributed by atoms with E-state index in [-0.39, 0.29) is 16.1 Å². The fraction of sp³-hybridized carbons (Fsp3) is 0.300. The van der Waals surface area contributed by atoms with E-state index < -0.39 is 34.0 Å². The number of nitrogens with one attached hydrogen (secondary N) is 1. The summed E-state index contributed by atoms with van der Waals surface area (Å²) in [6.07, 6.45) is -5.08. The number of anilines is 2. The number of sulfonamides is 1. The lowest BCUT2D eigenvalue weighted by atomic mass is 10.1. The van der Waals surface area contributed by atoms with Crippen molar-refractivity contribution >= 4 is 33.3 Å². The second-order valence-electron chi connectivity index (χ2n) is 6.95. The summed E-state index contributed by atoms with van der Waals surface area (Å²) >= 11 is 0. The molecule has 0 bridgehead atoms. The number of aryl methyl sites for hydroxylation is 1. The Labute approximate surface area is 191 Å². The van der Waals surface area contributed by atoms with Crippen LogP contribution >= 0.6 is 0 Å². The van der Waals surface area contributed by atoms with Crippen LogP contribution in [0.4, 0.5) is 28.9 Å². The van der Waals surface area contributed by atoms with Crippen molar-refractivity contribution in [1.82, 2.24) is 0 Å². The summed E-state index contributed by atoms with van der Waals surface area (Å²) in [5, 5.41) is 16.7. The van der Waals surface area contributed by atoms with Gasteiger partial charge < -0.3 is 19.8 Å². The number of carbonyl (C=O) groups is 2. The highest BCUT2D eigenvalue weighted by Gasteiger charge is 2.38. The van der Waals surface area contributed by atoms with Crippen LogP contribution in [-0.2, 0) is 19.6 Å². The van der Waals surface area contributed by atoms with Crippen molar-refractivity contribution in [2.75, 3.05) is 35.9 Å². The molecule has 0 spiro atoms. The van der Waals surface area contributed by atoms with Gasteiger partial charge in [-0.2, -0.15) is 13.2 Å². The minimum Gasteiger partial charge on any atom is -0.478 e. The molecule has 0 aromatic heterocycles. The van der Waals surface area contributed by atoms with Gasteiger partial charge in [-0.3, -0.25) is 4.72 Å². The van der Waals surface area contributed by atoms with Crippen LogP contribution in [-0.4, -0.2) is 63.0 Å². The van der Waals surface area contributed by atoms with Crippen molar-refractivity contribution < 1.29 is 50.5 Å². The molecule has 9 nitrogen and oxygen atoms in total. The minimum atomic E-state index is -5.08. The van der Waals surface area contributed by atoms with Crippen LogP contribution in [0.15, 0.2) is 41.3 Å². The van der Waals surface area contributed by atoms with Crippen molar-refractivity contribution in [2.24, 2.45) is 0 Å². The molecule has 1 aliphatic heterocycles. The van der Waals surface area contributed by atoms with Crippen LogP contribution in [0.3, 0.4) is 0 Å². The number of hydrogen-bond acceptors (Lipinski definition) is 6. The van der Waals surface area contributed by atoms with E-state index in [0.717, 1.165) is 6.07 Å². The van der Waals surface area contributed by atoms with E-state index in [1.807, 2.05) is 4.90 Å². The molecule has 0 atom stereocenters. The first kappa shape index (κ1) is 26.9. The standard InChI is InChI=1S/C18H19FN2O5S.C2HF3O2/c1-12-2-3-13(19)10-17(12)27(24,25)20-14-4-5-16(15(11-14)18(22)23)21-6-8-26-9-7-21;3-2(4,5)1(6)7/h2-5,10-11,20H,6-9H2,1H3,(H,22,23);(H,6,7). The van der Waals surface area contributed by atoms with Crippen LogP contribution in [0, 0.1) is 12.7 Å². The number of aliphatic carboxylic acids is 1. The highest BCUT2D eigenvalue weighted by molar-refractivity contribution is 7.92. The third-order valence-electron chi connectivity index (χ3n) is 4.51. The van der Waals surface area contributed by atoms with Crippen LogP contribution in [0.1, 0.15) is 15.9 Å². The van der Waals surface area contributed by atoms with Crippen LogP contribution < -0.4 is 9.62 Å². The molecule has 1 saturated heterocycles. The maximum atomic E-state index is 13.5. The molecule has 1 heterocycles. The van der Waals surface area contributed by atoms with Gasteiger partial charge in [0.2, 0.25) is 0 Å². The maximum Gasteiger partial charge on any atom is 0.490 e. The average molecular weight is 508 g/mol. The molecule has 0 amide bonds. The Balaban J connectivity index is 0.000000509. The number of benzene rings is 2. The molecule has 34 heavy (non-hydrogen) atoms. The van der Waals surface area contributed by atoms with E-state index in [2.05, 4.69) is 4.72 Å². The first-order chi connectivity index (χ1) is 15.7. The van der Waals surface area contributed by atoms with Crippen LogP contribution in [0.2, 0.25) is 0 Å². The molecule has 3 rings (SSSR count). The second-order valence-corrected chi connectivity index (χ2v) is 8.61. The van der Waals surface area contributed by atoms with E-state index in [0.29, 0.717) is 37.6 Å². The number of rotatable bonds is 5. The van der Waals surface area contributed by atoms with Gasteiger partial charge in [-0.15, -0.1) is 0 Å². The predicted octanol–water partition coefficient (Wildman–Crippen LogP) is 3.10. The Morgan fingerprint density at radius 1 is 1.06 bits per heavy atom. The fourth-order valence-electron chi connectivity index (χ4n) is 2.92. The average Bonchev–Trinajstić information content (AvgIpc) is 2.75. The van der Waals surface area contributed by atoms with Gasteiger partial charge in [0, 0.05) is 18.8 Å². The zero-order valence-electron chi connectivity index (χ0n) is 17.6. The largest absolute Gasteiger partial charge is 0.490 e. The molecule has 186 valence electrons. The van der Waals surface area contributed by atoms with Crippen LogP contribution in [0.5, 0.6) is 0 Å². The number of aromatic carboxylic acids is 1. The Bertz CT molecular complexity index is 1160. The first-order valence-corrected chi connectivity index (χ1v) is 11.0. The SMILES string of the molecule is Cc1ccc(F)cc1S(=O)(=O)Nc1ccc(N2CCOCC2)c(C(=O)O)c1.O=C(O)C(F)(F)F. The number of hydrogen-bond donors (Lipinski definition) is 3. The highest BCUT2D eigenvalue weighted by atomic mass is 32.2. The molecule has 3 N–H and O–H groups in total. The topological polar surface area (TPSA) is 133 Å². The number of nitrogens with zero attached hydrogens (tertiary/aromatic N) is 1. The molecule has 0 saturated carbocycles. The summed E-state index contributed by atoms with van der Waals surface area (Å²) in [4.78, 5) is 22.2. The molecule has 1 fully saturated rings. The molecular formula is C20H20F4N2O7S. The summed E-state index contributed by atoms with van der Waals surface area (Å²) in [6, 6.07) is 7.79. The zero-order chi connectivity index (χ0) is 25.7. The summed E-state index contributed by atoms with van der Waals surface area (Å²) < 4.78 is 78.0. The van der Waals surface area contributed by atoms with Crippen molar-refractivity contribution in [3.05, 3.63) is 53.3 Å². The van der Waals surface area contributed by atoms with Gasteiger partial charge in [-0.25, -0.2) is 22.4 Å². The smallest absolute Gasteiger partial charge is 0.478 e. The predicted molar refractivity (Wildman–Crippen MR) is 112 cm³/mol. The van der Waals surface area contributed by atoms with Gasteiger partial charge in [0.25, 0.3) is 10.0 Å². The van der Waals surface area contributed by atoms with E-state index in [9.17, 15) is 35.9 Å². The Morgan fingerprint density at radius 3 is 2.18 bits per heavy atom. The molecule has 14 heteroatoms. The Kier molecular flexibility index (Phi) is 8.45. The number of ether oxygens (including phenoxy) is 1. The molecule has 0 unspecified atom stereocenters. The van der Waals surface area contributed by atoms with Gasteiger partial charge in [-0.05, 0) is 42.8 Å². The number of halogens is 4. The summed E-state index contributed by atoms with van der Waals surface area (Å²) in [6.45, 7) is 3.64. The third kappa shape index (κ3) is 7.05. The number of alkyl halides is 3. The van der Waals surface area contributed by atoms with Gasteiger partial charge >= 0.3 is 18.1 Å². The molecular weight excluding hydrogens is 488 g/mol. The second kappa shape index (κ2) is 10.7. The third-order valence-corrected chi connectivity index (χ3v) is 6.04. The lowest BCUT2D eigenvalue weighted by Crippen LogP contribution is -2.37. The molecule has 2 aromatic rings.